The van der Waals surface area contributed by atoms with E-state index in [0.717, 1.165) is 61.2 Å². The molecule has 1 aliphatic heterocycles. The number of rotatable bonds is 14. The second-order valence-electron chi connectivity index (χ2n) is 12.2. The Labute approximate surface area is 260 Å². The summed E-state index contributed by atoms with van der Waals surface area (Å²) in [6, 6.07) is 12.6. The van der Waals surface area contributed by atoms with Crippen molar-refractivity contribution in [1.82, 2.24) is 10.2 Å². The molecule has 2 unspecified atom stereocenters. The molecule has 236 valence electrons. The first-order chi connectivity index (χ1) is 20.5. The van der Waals surface area contributed by atoms with Gasteiger partial charge in [0, 0.05) is 42.8 Å². The van der Waals surface area contributed by atoms with Gasteiger partial charge in [0.05, 0.1) is 12.4 Å². The lowest BCUT2D eigenvalue weighted by molar-refractivity contribution is -0.139. The molecule has 2 aromatic carbocycles. The summed E-state index contributed by atoms with van der Waals surface area (Å²) in [6.07, 6.45) is 10.6. The number of carboxylic acid groups (broad SMARTS) is 1. The molecule has 0 aromatic heterocycles. The van der Waals surface area contributed by atoms with E-state index < -0.39 is 27.8 Å². The van der Waals surface area contributed by atoms with Crippen LogP contribution in [0.3, 0.4) is 0 Å². The second-order valence-corrected chi connectivity index (χ2v) is 15.6. The summed E-state index contributed by atoms with van der Waals surface area (Å²) in [4.78, 5) is 27.8. The molecular weight excluding hydrogens is 585 g/mol. The number of sulfone groups is 1. The number of thioether (sulfide) groups is 1. The number of carbonyl (C=O) groups excluding carboxylic acids is 1. The smallest absolute Gasteiger partial charge is 0.326 e. The number of carbonyl (C=O) groups is 2. The van der Waals surface area contributed by atoms with E-state index in [0.29, 0.717) is 22.8 Å². The Hall–Kier alpha value is -2.40. The van der Waals surface area contributed by atoms with Crippen molar-refractivity contribution < 1.29 is 27.9 Å². The van der Waals surface area contributed by atoms with Crippen LogP contribution in [0.5, 0.6) is 0 Å². The van der Waals surface area contributed by atoms with E-state index in [1.165, 1.54) is 32.1 Å². The predicted molar refractivity (Wildman–Crippen MR) is 173 cm³/mol. The maximum Gasteiger partial charge on any atom is 0.326 e. The van der Waals surface area contributed by atoms with Crippen LogP contribution in [0, 0.1) is 12.8 Å². The Balaban J connectivity index is 1.54. The van der Waals surface area contributed by atoms with E-state index in [2.05, 4.69) is 16.5 Å². The predicted octanol–water partition coefficient (Wildman–Crippen LogP) is 5.18. The molecule has 1 saturated carbocycles. The Morgan fingerprint density at radius 2 is 1.84 bits per heavy atom. The Morgan fingerprint density at radius 3 is 2.51 bits per heavy atom. The van der Waals surface area contributed by atoms with Crippen molar-refractivity contribution in [3.63, 3.8) is 0 Å². The number of nitrogens with one attached hydrogen (secondary N) is 1. The van der Waals surface area contributed by atoms with Crippen LogP contribution < -0.4 is 5.32 Å². The van der Waals surface area contributed by atoms with Crippen LogP contribution in [0.15, 0.2) is 42.5 Å². The molecule has 43 heavy (non-hydrogen) atoms. The quantitative estimate of drug-likeness (QED) is 0.294. The molecule has 2 N–H and O–H groups in total. The fraction of sp³-hybridized carbons (Fsp3) is 0.576. The van der Waals surface area contributed by atoms with E-state index in [4.69, 9.17) is 4.74 Å². The standard InChI is InChI=1S/C33H46N2O6S2/c1-23-9-7-8-12-28(23)30-17-25(13-14-29(30)32(36)34-31(33(37)38)15-16-43(3,39)40)19-35-20-27(42-2)18-26(35)22-41-21-24-10-5-4-6-11-24/h7-9,12-14,17,24,26-27,31H,4-6,10-11,15-16,18-22H2,1-3H3,(H,34,36)(H,37,38)/t26?,27-,31?/m0/s1. The van der Waals surface area contributed by atoms with Gasteiger partial charge in [0.1, 0.15) is 15.9 Å². The minimum atomic E-state index is -3.38. The molecule has 1 amide bonds. The fourth-order valence-corrected chi connectivity index (χ4v) is 7.66. The van der Waals surface area contributed by atoms with E-state index in [1.54, 1.807) is 6.07 Å². The molecule has 10 heteroatoms. The lowest BCUT2D eigenvalue weighted by Crippen LogP contribution is -2.42. The van der Waals surface area contributed by atoms with Gasteiger partial charge >= 0.3 is 5.97 Å². The first-order valence-corrected chi connectivity index (χ1v) is 18.6. The molecule has 4 rings (SSSR count). The second kappa shape index (κ2) is 15.5. The Bertz CT molecular complexity index is 1360. The van der Waals surface area contributed by atoms with Gasteiger partial charge in [0.25, 0.3) is 5.91 Å². The van der Waals surface area contributed by atoms with Gasteiger partial charge in [-0.3, -0.25) is 9.69 Å². The minimum Gasteiger partial charge on any atom is -0.480 e. The molecule has 2 fully saturated rings. The SMILES string of the molecule is CS[C@H]1CC(COCC2CCCCC2)N(Cc2ccc(C(=O)NC(CCS(C)(=O)=O)C(=O)O)c(-c3ccccc3C)c2)C1. The first kappa shape index (κ1) is 33.5. The number of amides is 1. The van der Waals surface area contributed by atoms with Crippen molar-refractivity contribution in [2.24, 2.45) is 5.92 Å². The van der Waals surface area contributed by atoms with Gasteiger partial charge < -0.3 is 15.2 Å². The van der Waals surface area contributed by atoms with Crippen LogP contribution in [0.25, 0.3) is 11.1 Å². The van der Waals surface area contributed by atoms with Crippen molar-refractivity contribution in [2.45, 2.75) is 75.7 Å². The summed E-state index contributed by atoms with van der Waals surface area (Å²) in [6.45, 7) is 5.25. The highest BCUT2D eigenvalue weighted by molar-refractivity contribution is 7.99. The van der Waals surface area contributed by atoms with E-state index in [1.807, 2.05) is 55.1 Å². The third-order valence-corrected chi connectivity index (χ3v) is 10.7. The lowest BCUT2D eigenvalue weighted by Gasteiger charge is -2.27. The van der Waals surface area contributed by atoms with Gasteiger partial charge in [0.2, 0.25) is 0 Å². The van der Waals surface area contributed by atoms with Crippen molar-refractivity contribution >= 4 is 33.5 Å². The number of hydrogen-bond donors (Lipinski definition) is 2. The summed E-state index contributed by atoms with van der Waals surface area (Å²) in [5.74, 6) is -1.45. The molecule has 2 aliphatic rings. The number of aliphatic carboxylic acids is 1. The van der Waals surface area contributed by atoms with E-state index >= 15 is 0 Å². The van der Waals surface area contributed by atoms with Gasteiger partial charge in [-0.25, -0.2) is 13.2 Å². The van der Waals surface area contributed by atoms with Gasteiger partial charge in [0.15, 0.2) is 0 Å². The lowest BCUT2D eigenvalue weighted by atomic mass is 9.90. The number of nitrogens with zero attached hydrogens (tertiary/aromatic N) is 1. The zero-order chi connectivity index (χ0) is 31.0. The van der Waals surface area contributed by atoms with E-state index in [9.17, 15) is 23.1 Å². The number of hydrogen-bond acceptors (Lipinski definition) is 7. The maximum atomic E-state index is 13.5. The van der Waals surface area contributed by atoms with Crippen LogP contribution in [-0.4, -0.2) is 85.7 Å². The highest BCUT2D eigenvalue weighted by Crippen LogP contribution is 2.32. The number of benzene rings is 2. The first-order valence-electron chi connectivity index (χ1n) is 15.3. The van der Waals surface area contributed by atoms with Crippen molar-refractivity contribution in [3.8, 4) is 11.1 Å². The van der Waals surface area contributed by atoms with Crippen LogP contribution in [0.4, 0.5) is 0 Å². The summed E-state index contributed by atoms with van der Waals surface area (Å²) in [5, 5.41) is 12.8. The van der Waals surface area contributed by atoms with Crippen LogP contribution in [0.2, 0.25) is 0 Å². The molecule has 8 nitrogen and oxygen atoms in total. The average Bonchev–Trinajstić information content (AvgIpc) is 3.36. The largest absolute Gasteiger partial charge is 0.480 e. The number of ether oxygens (including phenoxy) is 1. The fourth-order valence-electron chi connectivity index (χ4n) is 6.25. The van der Waals surface area contributed by atoms with E-state index in [-0.39, 0.29) is 12.2 Å². The summed E-state index contributed by atoms with van der Waals surface area (Å²) in [7, 11) is -3.38. The van der Waals surface area contributed by atoms with Crippen LogP contribution in [0.1, 0.15) is 66.4 Å². The molecule has 1 saturated heterocycles. The molecule has 0 spiro atoms. The molecule has 1 aliphatic carbocycles. The third kappa shape index (κ3) is 9.80. The molecular formula is C33H46N2O6S2. The Kier molecular flexibility index (Phi) is 12.1. The molecule has 3 atom stereocenters. The van der Waals surface area contributed by atoms with Crippen molar-refractivity contribution in [1.29, 1.82) is 0 Å². The number of aryl methyl sites for hydroxylation is 1. The van der Waals surface area contributed by atoms with Gasteiger partial charge in [-0.2, -0.15) is 11.8 Å². The summed E-state index contributed by atoms with van der Waals surface area (Å²) < 4.78 is 29.6. The summed E-state index contributed by atoms with van der Waals surface area (Å²) in [5.41, 5.74) is 4.05. The monoisotopic (exact) mass is 630 g/mol. The zero-order valence-electron chi connectivity index (χ0n) is 25.6. The van der Waals surface area contributed by atoms with Gasteiger partial charge in [-0.1, -0.05) is 49.6 Å². The highest BCUT2D eigenvalue weighted by Gasteiger charge is 2.32. The highest BCUT2D eigenvalue weighted by atomic mass is 32.2. The van der Waals surface area contributed by atoms with Gasteiger partial charge in [-0.15, -0.1) is 0 Å². The van der Waals surface area contributed by atoms with Crippen molar-refractivity contribution in [2.75, 3.05) is 38.0 Å². The summed E-state index contributed by atoms with van der Waals surface area (Å²) >= 11 is 1.90. The topological polar surface area (TPSA) is 113 Å². The number of carboxylic acids is 1. The average molecular weight is 631 g/mol. The number of likely N-dealkylation sites (tertiary alicyclic amines) is 1. The zero-order valence-corrected chi connectivity index (χ0v) is 27.2. The maximum absolute atomic E-state index is 13.5. The molecule has 0 radical (unpaired) electrons. The normalized spacial score (nSPS) is 20.6. The van der Waals surface area contributed by atoms with Gasteiger partial charge in [-0.05, 0) is 79.2 Å². The molecule has 2 aromatic rings. The van der Waals surface area contributed by atoms with Crippen molar-refractivity contribution in [3.05, 3.63) is 59.2 Å². The molecule has 0 bridgehead atoms. The van der Waals surface area contributed by atoms with Crippen LogP contribution >= 0.6 is 11.8 Å². The molecule has 1 heterocycles. The minimum absolute atomic E-state index is 0.201. The third-order valence-electron chi connectivity index (χ3n) is 8.74. The Morgan fingerprint density at radius 1 is 1.09 bits per heavy atom. The van der Waals surface area contributed by atoms with Crippen LogP contribution in [-0.2, 0) is 25.9 Å².